The van der Waals surface area contributed by atoms with Crippen molar-refractivity contribution in [1.29, 1.82) is 0 Å². The molecule has 1 aliphatic heterocycles. The highest BCUT2D eigenvalue weighted by Gasteiger charge is 2.16. The van der Waals surface area contributed by atoms with E-state index in [2.05, 4.69) is 46.4 Å². The minimum absolute atomic E-state index is 0.0271. The van der Waals surface area contributed by atoms with Crippen LogP contribution in [0.15, 0.2) is 42.6 Å². The molecule has 1 amide bonds. The minimum atomic E-state index is 0.0271. The minimum Gasteiger partial charge on any atom is -0.372 e. The molecule has 5 nitrogen and oxygen atoms in total. The highest BCUT2D eigenvalue weighted by atomic mass is 16.2. The normalized spacial score (nSPS) is 14.9. The molecule has 0 saturated carbocycles. The summed E-state index contributed by atoms with van der Waals surface area (Å²) in [6.07, 6.45) is 4.18. The van der Waals surface area contributed by atoms with Crippen LogP contribution >= 0.6 is 0 Å². The number of hydrogen-bond acceptors (Lipinski definition) is 4. The highest BCUT2D eigenvalue weighted by Crippen LogP contribution is 2.25. The van der Waals surface area contributed by atoms with Crippen LogP contribution in [-0.2, 0) is 0 Å². The molecule has 0 bridgehead atoms. The van der Waals surface area contributed by atoms with Crippen molar-refractivity contribution in [3.8, 4) is 0 Å². The maximum atomic E-state index is 12.3. The smallest absolute Gasteiger partial charge is 0.255 e. The van der Waals surface area contributed by atoms with Crippen molar-refractivity contribution in [1.82, 2.24) is 9.88 Å². The lowest BCUT2D eigenvalue weighted by Crippen LogP contribution is -2.32. The Hall–Kier alpha value is -2.56. The van der Waals surface area contributed by atoms with Crippen LogP contribution in [-0.4, -0.2) is 42.0 Å². The average Bonchev–Trinajstić information content (AvgIpc) is 2.71. The Bertz CT molecular complexity index is 730. The Balaban J connectivity index is 1.61. The van der Waals surface area contributed by atoms with E-state index in [0.717, 1.165) is 30.5 Å². The van der Waals surface area contributed by atoms with Crippen LogP contribution in [0.25, 0.3) is 0 Å². The van der Waals surface area contributed by atoms with E-state index in [1.807, 2.05) is 26.0 Å². The van der Waals surface area contributed by atoms with Gasteiger partial charge in [-0.2, -0.15) is 0 Å². The Labute approximate surface area is 162 Å². The molecule has 0 unspecified atom stereocenters. The van der Waals surface area contributed by atoms with Crippen molar-refractivity contribution in [2.45, 2.75) is 33.6 Å². The highest BCUT2D eigenvalue weighted by molar-refractivity contribution is 5.94. The molecule has 1 aromatic heterocycles. The summed E-state index contributed by atoms with van der Waals surface area (Å²) in [5.74, 6) is 1.61. The number of aromatic nitrogens is 1. The van der Waals surface area contributed by atoms with Crippen LogP contribution in [0, 0.1) is 5.92 Å². The van der Waals surface area contributed by atoms with Gasteiger partial charge in [0.1, 0.15) is 5.82 Å². The van der Waals surface area contributed by atoms with Crippen molar-refractivity contribution in [3.63, 3.8) is 0 Å². The summed E-state index contributed by atoms with van der Waals surface area (Å²) in [6.45, 7) is 9.99. The van der Waals surface area contributed by atoms with E-state index in [1.165, 1.54) is 18.5 Å². The van der Waals surface area contributed by atoms with E-state index >= 15 is 0 Å². The van der Waals surface area contributed by atoms with Crippen LogP contribution in [0.2, 0.25) is 0 Å². The van der Waals surface area contributed by atoms with Crippen molar-refractivity contribution in [2.75, 3.05) is 36.4 Å². The van der Waals surface area contributed by atoms with Crippen LogP contribution < -0.4 is 10.2 Å². The molecule has 0 radical (unpaired) electrons. The van der Waals surface area contributed by atoms with Gasteiger partial charge in [-0.1, -0.05) is 6.92 Å². The van der Waals surface area contributed by atoms with E-state index in [-0.39, 0.29) is 5.91 Å². The maximum absolute atomic E-state index is 12.3. The number of rotatable bonds is 6. The fraction of sp³-hybridized carbons (Fsp3) is 0.455. The molecule has 1 saturated heterocycles. The molecule has 1 N–H and O–H groups in total. The number of piperidine rings is 1. The van der Waals surface area contributed by atoms with Gasteiger partial charge in [0.15, 0.2) is 0 Å². The van der Waals surface area contributed by atoms with Crippen molar-refractivity contribution >= 4 is 23.1 Å². The van der Waals surface area contributed by atoms with Gasteiger partial charge in [-0.15, -0.1) is 0 Å². The number of carbonyl (C=O) groups is 1. The molecule has 2 heterocycles. The van der Waals surface area contributed by atoms with Crippen LogP contribution in [0.5, 0.6) is 0 Å². The third-order valence-electron chi connectivity index (χ3n) is 5.35. The second kappa shape index (κ2) is 8.89. The van der Waals surface area contributed by atoms with Gasteiger partial charge in [0, 0.05) is 43.8 Å². The van der Waals surface area contributed by atoms with Gasteiger partial charge in [0.05, 0.1) is 5.56 Å². The maximum Gasteiger partial charge on any atom is 0.255 e. The molecular weight excluding hydrogens is 336 g/mol. The summed E-state index contributed by atoms with van der Waals surface area (Å²) in [7, 11) is 0. The fourth-order valence-corrected chi connectivity index (χ4v) is 3.46. The molecule has 2 aromatic rings. The summed E-state index contributed by atoms with van der Waals surface area (Å²) in [5.41, 5.74) is 2.90. The number of pyridine rings is 1. The third kappa shape index (κ3) is 4.79. The molecule has 0 aliphatic carbocycles. The second-order valence-electron chi connectivity index (χ2n) is 7.25. The van der Waals surface area contributed by atoms with Gasteiger partial charge in [-0.3, -0.25) is 4.79 Å². The monoisotopic (exact) mass is 366 g/mol. The summed E-state index contributed by atoms with van der Waals surface area (Å²) >= 11 is 0. The van der Waals surface area contributed by atoms with Crippen LogP contribution in [0.4, 0.5) is 17.2 Å². The van der Waals surface area contributed by atoms with Crippen LogP contribution in [0.3, 0.4) is 0 Å². The standard InChI is InChI=1S/C22H30N4O/c1-4-25(5-2)22(27)18-6-11-21(23-16-18)24-19-7-9-20(10-8-19)26-14-12-17(3)13-15-26/h6-11,16-17H,4-5,12-15H2,1-3H3,(H,23,24). The first-order valence-electron chi connectivity index (χ1n) is 9.98. The SMILES string of the molecule is CCN(CC)C(=O)c1ccc(Nc2ccc(N3CCC(C)CC3)cc2)nc1. The van der Waals surface area contributed by atoms with Gasteiger partial charge < -0.3 is 15.1 Å². The Morgan fingerprint density at radius 3 is 2.33 bits per heavy atom. The molecule has 144 valence electrons. The largest absolute Gasteiger partial charge is 0.372 e. The first kappa shape index (κ1) is 19.2. The summed E-state index contributed by atoms with van der Waals surface area (Å²) in [5, 5.41) is 3.31. The van der Waals surface area contributed by atoms with Crippen molar-refractivity contribution in [3.05, 3.63) is 48.2 Å². The Kier molecular flexibility index (Phi) is 6.32. The number of benzene rings is 1. The third-order valence-corrected chi connectivity index (χ3v) is 5.35. The van der Waals surface area contributed by atoms with Crippen molar-refractivity contribution < 1.29 is 4.79 Å². The van der Waals surface area contributed by atoms with Crippen LogP contribution in [0.1, 0.15) is 44.0 Å². The predicted octanol–water partition coefficient (Wildman–Crippen LogP) is 4.54. The molecule has 0 atom stereocenters. The Morgan fingerprint density at radius 1 is 1.11 bits per heavy atom. The van der Waals surface area contributed by atoms with Gasteiger partial charge in [-0.05, 0) is 69.0 Å². The zero-order chi connectivity index (χ0) is 19.2. The second-order valence-corrected chi connectivity index (χ2v) is 7.25. The van der Waals surface area contributed by atoms with E-state index in [0.29, 0.717) is 18.7 Å². The van der Waals surface area contributed by atoms with Gasteiger partial charge in [-0.25, -0.2) is 4.98 Å². The zero-order valence-corrected chi connectivity index (χ0v) is 16.6. The number of carbonyl (C=O) groups excluding carboxylic acids is 1. The Morgan fingerprint density at radius 2 is 1.78 bits per heavy atom. The fourth-order valence-electron chi connectivity index (χ4n) is 3.46. The molecule has 27 heavy (non-hydrogen) atoms. The number of amides is 1. The average molecular weight is 367 g/mol. The van der Waals surface area contributed by atoms with Gasteiger partial charge >= 0.3 is 0 Å². The molecule has 3 rings (SSSR count). The zero-order valence-electron chi connectivity index (χ0n) is 16.6. The first-order valence-corrected chi connectivity index (χ1v) is 9.98. The summed E-state index contributed by atoms with van der Waals surface area (Å²) in [6, 6.07) is 12.2. The topological polar surface area (TPSA) is 48.5 Å². The van der Waals surface area contributed by atoms with E-state index in [1.54, 1.807) is 11.1 Å². The molecule has 1 fully saturated rings. The van der Waals surface area contributed by atoms with Gasteiger partial charge in [0.25, 0.3) is 5.91 Å². The van der Waals surface area contributed by atoms with Gasteiger partial charge in [0.2, 0.25) is 0 Å². The molecule has 1 aromatic carbocycles. The quantitative estimate of drug-likeness (QED) is 0.815. The molecule has 0 spiro atoms. The number of hydrogen-bond donors (Lipinski definition) is 1. The number of anilines is 3. The lowest BCUT2D eigenvalue weighted by atomic mass is 9.99. The summed E-state index contributed by atoms with van der Waals surface area (Å²) in [4.78, 5) is 21.0. The lowest BCUT2D eigenvalue weighted by molar-refractivity contribution is 0.0772. The number of nitrogens with zero attached hydrogens (tertiary/aromatic N) is 3. The number of nitrogens with one attached hydrogen (secondary N) is 1. The lowest BCUT2D eigenvalue weighted by Gasteiger charge is -2.32. The molecule has 5 heteroatoms. The van der Waals surface area contributed by atoms with Crippen molar-refractivity contribution in [2.24, 2.45) is 5.92 Å². The molecule has 1 aliphatic rings. The van der Waals surface area contributed by atoms with E-state index in [9.17, 15) is 4.79 Å². The van der Waals surface area contributed by atoms with E-state index < -0.39 is 0 Å². The first-order chi connectivity index (χ1) is 13.1. The summed E-state index contributed by atoms with van der Waals surface area (Å²) < 4.78 is 0. The van der Waals surface area contributed by atoms with E-state index in [4.69, 9.17) is 0 Å². The predicted molar refractivity (Wildman–Crippen MR) is 112 cm³/mol. The molecular formula is C22H30N4O.